The van der Waals surface area contributed by atoms with Crippen molar-refractivity contribution in [3.05, 3.63) is 0 Å². The van der Waals surface area contributed by atoms with Gasteiger partial charge in [-0.25, -0.2) is 0 Å². The number of nitrogens with one attached hydrogen (secondary N) is 1. The monoisotopic (exact) mass is 344 g/mol. The van der Waals surface area contributed by atoms with Crippen LogP contribution in [0.2, 0.25) is 0 Å². The molecule has 24 heavy (non-hydrogen) atoms. The first-order chi connectivity index (χ1) is 11.6. The number of carbonyl (C=O) groups is 2. The van der Waals surface area contributed by atoms with E-state index in [4.69, 9.17) is 14.2 Å². The number of Topliss-reactive ketones (excluding diaryl/α,β-unsaturated/α-hetero) is 1. The normalized spacial score (nSPS) is 18.0. The molecule has 1 amide bonds. The van der Waals surface area contributed by atoms with Crippen LogP contribution in [-0.2, 0) is 23.8 Å². The Labute approximate surface area is 145 Å². The number of hydrogen-bond acceptors (Lipinski definition) is 6. The van der Waals surface area contributed by atoms with Crippen LogP contribution in [0.3, 0.4) is 0 Å². The van der Waals surface area contributed by atoms with Gasteiger partial charge in [0.15, 0.2) is 0 Å². The van der Waals surface area contributed by atoms with Crippen LogP contribution in [0, 0.1) is 0 Å². The van der Waals surface area contributed by atoms with Gasteiger partial charge in [0.25, 0.3) is 0 Å². The number of nitrogens with zero attached hydrogens (tertiary/aromatic N) is 1. The average molecular weight is 344 g/mol. The molecule has 1 rings (SSSR count). The van der Waals surface area contributed by atoms with Crippen molar-refractivity contribution >= 4 is 11.7 Å². The molecule has 0 spiro atoms. The lowest BCUT2D eigenvalue weighted by atomic mass is 10.2. The van der Waals surface area contributed by atoms with E-state index < -0.39 is 0 Å². The van der Waals surface area contributed by atoms with Crippen molar-refractivity contribution in [2.75, 3.05) is 59.3 Å². The van der Waals surface area contributed by atoms with Gasteiger partial charge in [-0.2, -0.15) is 0 Å². The number of ketones is 1. The van der Waals surface area contributed by atoms with Gasteiger partial charge < -0.3 is 19.5 Å². The Kier molecular flexibility index (Phi) is 11.6. The van der Waals surface area contributed by atoms with E-state index in [1.165, 1.54) is 0 Å². The summed E-state index contributed by atoms with van der Waals surface area (Å²) in [6, 6.07) is -0.0413. The highest BCUT2D eigenvalue weighted by Gasteiger charge is 2.29. The fraction of sp³-hybridized carbons (Fsp3) is 0.882. The largest absolute Gasteiger partial charge is 0.380 e. The maximum absolute atomic E-state index is 12.2. The van der Waals surface area contributed by atoms with Crippen molar-refractivity contribution in [1.29, 1.82) is 0 Å². The highest BCUT2D eigenvalue weighted by Crippen LogP contribution is 2.16. The van der Waals surface area contributed by atoms with Crippen molar-refractivity contribution < 1.29 is 23.8 Å². The molecule has 7 heteroatoms. The Hall–Kier alpha value is -1.02. The van der Waals surface area contributed by atoms with Crippen LogP contribution in [0.15, 0.2) is 0 Å². The van der Waals surface area contributed by atoms with Gasteiger partial charge in [-0.3, -0.25) is 14.5 Å². The molecule has 0 aromatic carbocycles. The topological polar surface area (TPSA) is 77.1 Å². The Bertz CT molecular complexity index is 365. The Morgan fingerprint density at radius 3 is 2.54 bits per heavy atom. The van der Waals surface area contributed by atoms with E-state index >= 15 is 0 Å². The van der Waals surface area contributed by atoms with Crippen molar-refractivity contribution in [2.24, 2.45) is 0 Å². The summed E-state index contributed by atoms with van der Waals surface area (Å²) < 4.78 is 16.0. The maximum Gasteiger partial charge on any atom is 0.237 e. The lowest BCUT2D eigenvalue weighted by molar-refractivity contribution is -0.126. The maximum atomic E-state index is 12.2. The smallest absolute Gasteiger partial charge is 0.237 e. The van der Waals surface area contributed by atoms with Gasteiger partial charge in [0.05, 0.1) is 39.1 Å². The van der Waals surface area contributed by atoms with Crippen LogP contribution in [0.1, 0.15) is 33.1 Å². The molecular weight excluding hydrogens is 312 g/mol. The number of rotatable bonds is 14. The van der Waals surface area contributed by atoms with E-state index in [1.807, 2.05) is 6.92 Å². The zero-order valence-electron chi connectivity index (χ0n) is 15.1. The van der Waals surface area contributed by atoms with Crippen LogP contribution in [-0.4, -0.2) is 81.9 Å². The lowest BCUT2D eigenvalue weighted by Crippen LogP contribution is -2.45. The van der Waals surface area contributed by atoms with Crippen molar-refractivity contribution in [2.45, 2.75) is 39.2 Å². The van der Waals surface area contributed by atoms with E-state index in [1.54, 1.807) is 6.92 Å². The van der Waals surface area contributed by atoms with E-state index in [0.717, 1.165) is 25.9 Å². The van der Waals surface area contributed by atoms with Crippen LogP contribution < -0.4 is 5.32 Å². The van der Waals surface area contributed by atoms with Gasteiger partial charge in [0.1, 0.15) is 5.78 Å². The standard InChI is InChI=1S/C17H32N2O5/c1-3-22-12-9-19-8-4-5-16(19)17(21)18-7-11-24-14-13-23-10-6-15(2)20/h16H,3-14H2,1-2H3,(H,18,21)/t16-/m0/s1. The second kappa shape index (κ2) is 13.3. The number of likely N-dealkylation sites (tertiary alicyclic amines) is 1. The molecule has 0 radical (unpaired) electrons. The van der Waals surface area contributed by atoms with Gasteiger partial charge >= 0.3 is 0 Å². The predicted octanol–water partition coefficient (Wildman–Crippen LogP) is 0.616. The minimum atomic E-state index is -0.0413. The van der Waals surface area contributed by atoms with Crippen LogP contribution in [0.25, 0.3) is 0 Å². The molecule has 0 aromatic rings. The molecule has 1 atom stereocenters. The first-order valence-corrected chi connectivity index (χ1v) is 8.89. The van der Waals surface area contributed by atoms with E-state index in [2.05, 4.69) is 10.2 Å². The lowest BCUT2D eigenvalue weighted by Gasteiger charge is -2.23. The van der Waals surface area contributed by atoms with Crippen molar-refractivity contribution in [3.63, 3.8) is 0 Å². The first kappa shape index (κ1) is 21.0. The SMILES string of the molecule is CCOCCN1CCC[C@H]1C(=O)NCCOCCOCCC(C)=O. The summed E-state index contributed by atoms with van der Waals surface area (Å²) in [6.45, 7) is 9.01. The molecule has 1 saturated heterocycles. The van der Waals surface area contributed by atoms with E-state index in [-0.39, 0.29) is 17.7 Å². The minimum absolute atomic E-state index is 0.0413. The highest BCUT2D eigenvalue weighted by atomic mass is 16.5. The third-order valence-electron chi connectivity index (χ3n) is 3.91. The fourth-order valence-electron chi connectivity index (χ4n) is 2.62. The second-order valence-electron chi connectivity index (χ2n) is 5.86. The summed E-state index contributed by atoms with van der Waals surface area (Å²) in [5, 5.41) is 2.93. The molecule has 0 saturated carbocycles. The van der Waals surface area contributed by atoms with Gasteiger partial charge in [0.2, 0.25) is 5.91 Å². The van der Waals surface area contributed by atoms with Crippen molar-refractivity contribution in [3.8, 4) is 0 Å². The molecule has 0 aliphatic carbocycles. The number of carbonyl (C=O) groups excluding carboxylic acids is 2. The molecule has 1 N–H and O–H groups in total. The molecule has 7 nitrogen and oxygen atoms in total. The second-order valence-corrected chi connectivity index (χ2v) is 5.86. The third kappa shape index (κ3) is 9.32. The van der Waals surface area contributed by atoms with Gasteiger partial charge in [-0.1, -0.05) is 0 Å². The summed E-state index contributed by atoms with van der Waals surface area (Å²) in [5.41, 5.74) is 0. The molecule has 0 bridgehead atoms. The Morgan fingerprint density at radius 2 is 1.83 bits per heavy atom. The highest BCUT2D eigenvalue weighted by molar-refractivity contribution is 5.82. The minimum Gasteiger partial charge on any atom is -0.380 e. The summed E-state index contributed by atoms with van der Waals surface area (Å²) in [5.74, 6) is 0.200. The van der Waals surface area contributed by atoms with Gasteiger partial charge in [-0.05, 0) is 33.2 Å². The molecular formula is C17H32N2O5. The fourth-order valence-corrected chi connectivity index (χ4v) is 2.62. The van der Waals surface area contributed by atoms with Crippen LogP contribution in [0.5, 0.6) is 0 Å². The van der Waals surface area contributed by atoms with E-state index in [9.17, 15) is 9.59 Å². The van der Waals surface area contributed by atoms with Gasteiger partial charge in [0, 0.05) is 26.1 Å². The molecule has 1 heterocycles. The molecule has 1 aliphatic heterocycles. The van der Waals surface area contributed by atoms with E-state index in [0.29, 0.717) is 52.6 Å². The average Bonchev–Trinajstić information content (AvgIpc) is 3.01. The molecule has 0 aromatic heterocycles. The van der Waals surface area contributed by atoms with Crippen LogP contribution >= 0.6 is 0 Å². The number of hydrogen-bond donors (Lipinski definition) is 1. The quantitative estimate of drug-likeness (QED) is 0.466. The Morgan fingerprint density at radius 1 is 1.08 bits per heavy atom. The Balaban J connectivity index is 2.01. The third-order valence-corrected chi connectivity index (χ3v) is 3.91. The molecule has 0 unspecified atom stereocenters. The van der Waals surface area contributed by atoms with Gasteiger partial charge in [-0.15, -0.1) is 0 Å². The summed E-state index contributed by atoms with van der Waals surface area (Å²) in [6.07, 6.45) is 2.40. The molecule has 140 valence electrons. The zero-order chi connectivity index (χ0) is 17.6. The van der Waals surface area contributed by atoms with Crippen molar-refractivity contribution in [1.82, 2.24) is 10.2 Å². The number of ether oxygens (including phenoxy) is 3. The zero-order valence-corrected chi connectivity index (χ0v) is 15.1. The molecule has 1 aliphatic rings. The van der Waals surface area contributed by atoms with Crippen LogP contribution in [0.4, 0.5) is 0 Å². The summed E-state index contributed by atoms with van der Waals surface area (Å²) >= 11 is 0. The number of amides is 1. The summed E-state index contributed by atoms with van der Waals surface area (Å²) in [4.78, 5) is 25.1. The first-order valence-electron chi connectivity index (χ1n) is 8.89. The predicted molar refractivity (Wildman–Crippen MR) is 91.0 cm³/mol. The summed E-state index contributed by atoms with van der Waals surface area (Å²) in [7, 11) is 0. The molecule has 1 fully saturated rings.